The van der Waals surface area contributed by atoms with E-state index < -0.39 is 23.8 Å². The summed E-state index contributed by atoms with van der Waals surface area (Å²) in [5, 5.41) is 23.3. The summed E-state index contributed by atoms with van der Waals surface area (Å²) in [6.45, 7) is 5.31. The van der Waals surface area contributed by atoms with Crippen molar-refractivity contribution in [2.24, 2.45) is 5.92 Å². The summed E-state index contributed by atoms with van der Waals surface area (Å²) in [6, 6.07) is 10.8. The van der Waals surface area contributed by atoms with Gasteiger partial charge in [-0.2, -0.15) is 0 Å². The summed E-state index contributed by atoms with van der Waals surface area (Å²) in [4.78, 5) is 33.0. The summed E-state index contributed by atoms with van der Waals surface area (Å²) in [7, 11) is 5.60. The fourth-order valence-electron chi connectivity index (χ4n) is 6.75. The maximum absolute atomic E-state index is 13.9. The van der Waals surface area contributed by atoms with Crippen LogP contribution in [0.25, 0.3) is 10.8 Å². The van der Waals surface area contributed by atoms with E-state index in [1.54, 1.807) is 11.7 Å². The van der Waals surface area contributed by atoms with Crippen LogP contribution in [0.1, 0.15) is 44.1 Å². The lowest BCUT2D eigenvalue weighted by Crippen LogP contribution is -2.45. The van der Waals surface area contributed by atoms with Crippen molar-refractivity contribution in [2.45, 2.75) is 51.1 Å². The van der Waals surface area contributed by atoms with E-state index in [0.29, 0.717) is 49.8 Å². The van der Waals surface area contributed by atoms with Gasteiger partial charge in [-0.25, -0.2) is 0 Å². The van der Waals surface area contributed by atoms with Gasteiger partial charge in [-0.05, 0) is 63.7 Å². The van der Waals surface area contributed by atoms with E-state index >= 15 is 0 Å². The Labute approximate surface area is 264 Å². The smallest absolute Gasteiger partial charge is 0.308 e. The molecule has 244 valence electrons. The van der Waals surface area contributed by atoms with Crippen LogP contribution >= 0.6 is 0 Å². The Balaban J connectivity index is 1.44. The summed E-state index contributed by atoms with van der Waals surface area (Å²) in [6.07, 6.45) is 5.08. The van der Waals surface area contributed by atoms with Crippen molar-refractivity contribution >= 4 is 22.6 Å². The molecule has 0 spiro atoms. The van der Waals surface area contributed by atoms with E-state index in [9.17, 15) is 19.8 Å². The third kappa shape index (κ3) is 7.15. The van der Waals surface area contributed by atoms with Crippen molar-refractivity contribution in [1.29, 1.82) is 0 Å². The zero-order valence-corrected chi connectivity index (χ0v) is 26.8. The third-order valence-corrected chi connectivity index (χ3v) is 9.08. The fraction of sp³-hybridized carbons (Fsp3) is 0.529. The summed E-state index contributed by atoms with van der Waals surface area (Å²) in [5.41, 5.74) is 0.770. The van der Waals surface area contributed by atoms with Crippen molar-refractivity contribution in [2.75, 3.05) is 60.7 Å². The number of carboxylic acid groups (broad SMARTS) is 1. The van der Waals surface area contributed by atoms with Gasteiger partial charge in [0, 0.05) is 55.1 Å². The molecule has 0 aliphatic carbocycles. The molecule has 11 heteroatoms. The lowest BCUT2D eigenvalue weighted by atomic mass is 9.84. The summed E-state index contributed by atoms with van der Waals surface area (Å²) in [5.74, 6) is -0.453. The average Bonchev–Trinajstić information content (AvgIpc) is 3.72. The molecule has 3 atom stereocenters. The average molecular weight is 623 g/mol. The van der Waals surface area contributed by atoms with Crippen molar-refractivity contribution in [3.05, 3.63) is 48.2 Å². The van der Waals surface area contributed by atoms with Gasteiger partial charge >= 0.3 is 5.97 Å². The zero-order valence-electron chi connectivity index (χ0n) is 26.8. The highest BCUT2D eigenvalue weighted by Gasteiger charge is 2.47. The van der Waals surface area contributed by atoms with Crippen LogP contribution in [0, 0.1) is 5.92 Å². The second-order valence-electron chi connectivity index (χ2n) is 12.3. The number of carbonyl (C=O) groups is 2. The fourth-order valence-corrected chi connectivity index (χ4v) is 6.75. The van der Waals surface area contributed by atoms with Gasteiger partial charge in [0.05, 0.1) is 19.6 Å². The van der Waals surface area contributed by atoms with E-state index in [4.69, 9.17) is 14.2 Å². The molecular weight excluding hydrogens is 576 g/mol. The van der Waals surface area contributed by atoms with Gasteiger partial charge in [0.25, 0.3) is 0 Å². The molecule has 5 rings (SSSR count). The van der Waals surface area contributed by atoms with Gasteiger partial charge in [-0.15, -0.1) is 0 Å². The Morgan fingerprint density at radius 3 is 2.58 bits per heavy atom. The number of hydrogen-bond donors (Lipinski definition) is 2. The molecule has 2 N–H and O–H groups in total. The Bertz CT molecular complexity index is 1490. The van der Waals surface area contributed by atoms with Crippen LogP contribution in [-0.4, -0.2) is 108 Å². The molecule has 0 radical (unpaired) electrons. The van der Waals surface area contributed by atoms with Gasteiger partial charge < -0.3 is 38.8 Å². The van der Waals surface area contributed by atoms with Crippen molar-refractivity contribution in [3.8, 4) is 23.1 Å². The first-order chi connectivity index (χ1) is 21.7. The summed E-state index contributed by atoms with van der Waals surface area (Å²) >= 11 is 0. The highest BCUT2D eigenvalue weighted by atomic mass is 16.7. The number of likely N-dealkylation sites (tertiary alicyclic amines) is 1. The number of ether oxygens (including phenoxy) is 3. The molecule has 1 unspecified atom stereocenters. The molecule has 45 heavy (non-hydrogen) atoms. The van der Waals surface area contributed by atoms with Gasteiger partial charge in [0.1, 0.15) is 0 Å². The molecule has 0 saturated carbocycles. The molecule has 2 aromatic carbocycles. The molecule has 1 fully saturated rings. The number of methoxy groups -OCH3 is 1. The number of aliphatic carboxylic acids is 1. The maximum Gasteiger partial charge on any atom is 0.308 e. The zero-order chi connectivity index (χ0) is 32.1. The van der Waals surface area contributed by atoms with E-state index in [2.05, 4.69) is 11.8 Å². The van der Waals surface area contributed by atoms with Crippen LogP contribution in [0.4, 0.5) is 0 Å². The molecule has 3 heterocycles. The van der Waals surface area contributed by atoms with Crippen molar-refractivity contribution in [3.63, 3.8) is 0 Å². The third-order valence-electron chi connectivity index (χ3n) is 9.08. The number of aromatic nitrogens is 1. The molecule has 1 saturated heterocycles. The van der Waals surface area contributed by atoms with Crippen LogP contribution in [0.5, 0.6) is 23.1 Å². The van der Waals surface area contributed by atoms with Crippen molar-refractivity contribution < 1.29 is 34.0 Å². The van der Waals surface area contributed by atoms with Crippen LogP contribution in [0.3, 0.4) is 0 Å². The number of hydrogen-bond acceptors (Lipinski definition) is 8. The standard InChI is InChI=1S/C34H46N4O7/c1-5-6-14-36(15-9-13-35(2)3)30(39)21-38-20-26(24-17-28(43-4)32-29(18-24)44-22-45-32)31(34(41)42)27(38)12-16-37-19-23-10-7-8-11-25(23)33(37)40/h7-8,10-11,17-19,26-27,31,40H,5-6,9,12-16,20-22H2,1-4H3,(H,41,42)/t26-,27+,31?/m1/s1. The van der Waals surface area contributed by atoms with Crippen molar-refractivity contribution in [1.82, 2.24) is 19.3 Å². The first-order valence-electron chi connectivity index (χ1n) is 15.9. The minimum absolute atomic E-state index is 0.00909. The summed E-state index contributed by atoms with van der Waals surface area (Å²) < 4.78 is 18.6. The Morgan fingerprint density at radius 2 is 1.87 bits per heavy atom. The minimum atomic E-state index is -0.924. The number of rotatable bonds is 15. The van der Waals surface area contributed by atoms with Crippen LogP contribution in [0.2, 0.25) is 0 Å². The monoisotopic (exact) mass is 622 g/mol. The second kappa shape index (κ2) is 14.4. The Kier molecular flexibility index (Phi) is 10.4. The molecule has 0 bridgehead atoms. The topological polar surface area (TPSA) is 117 Å². The number of fused-ring (bicyclic) bond motifs is 2. The largest absolute Gasteiger partial charge is 0.494 e. The number of aryl methyl sites for hydroxylation is 1. The molecule has 11 nitrogen and oxygen atoms in total. The lowest BCUT2D eigenvalue weighted by molar-refractivity contribution is -0.144. The van der Waals surface area contributed by atoms with E-state index in [-0.39, 0.29) is 25.1 Å². The number of aromatic hydroxyl groups is 1. The minimum Gasteiger partial charge on any atom is -0.494 e. The maximum atomic E-state index is 13.9. The predicted octanol–water partition coefficient (Wildman–Crippen LogP) is 4.22. The molecule has 2 aliphatic rings. The van der Waals surface area contributed by atoms with Gasteiger partial charge in [-0.1, -0.05) is 31.5 Å². The predicted molar refractivity (Wildman–Crippen MR) is 171 cm³/mol. The van der Waals surface area contributed by atoms with Gasteiger partial charge in [0.15, 0.2) is 17.4 Å². The number of carboxylic acids is 1. The van der Waals surface area contributed by atoms with Gasteiger partial charge in [0.2, 0.25) is 18.4 Å². The number of nitrogens with zero attached hydrogens (tertiary/aromatic N) is 4. The molecule has 2 aliphatic heterocycles. The lowest BCUT2D eigenvalue weighted by Gasteiger charge is -2.30. The van der Waals surface area contributed by atoms with E-state index in [1.165, 1.54) is 0 Å². The molecule has 1 amide bonds. The van der Waals surface area contributed by atoms with Gasteiger partial charge in [-0.3, -0.25) is 14.5 Å². The Morgan fingerprint density at radius 1 is 1.09 bits per heavy atom. The van der Waals surface area contributed by atoms with Crippen LogP contribution in [0.15, 0.2) is 42.6 Å². The number of carbonyl (C=O) groups excluding carboxylic acids is 1. The quantitative estimate of drug-likeness (QED) is 0.257. The molecular formula is C34H46N4O7. The molecule has 1 aromatic heterocycles. The van der Waals surface area contributed by atoms with Crippen LogP contribution in [-0.2, 0) is 16.1 Å². The first kappa shape index (κ1) is 32.4. The molecule has 3 aromatic rings. The van der Waals surface area contributed by atoms with E-state index in [1.807, 2.05) is 66.5 Å². The highest BCUT2D eigenvalue weighted by Crippen LogP contribution is 2.47. The normalized spacial score (nSPS) is 19.4. The number of unbranched alkanes of at least 4 members (excludes halogenated alkanes) is 1. The number of benzene rings is 2. The number of amides is 1. The van der Waals surface area contributed by atoms with Crippen LogP contribution < -0.4 is 14.2 Å². The van der Waals surface area contributed by atoms with E-state index in [0.717, 1.165) is 42.1 Å². The Hall–Kier alpha value is -3.96. The highest BCUT2D eigenvalue weighted by molar-refractivity contribution is 5.87. The second-order valence-corrected chi connectivity index (χ2v) is 12.3. The first-order valence-corrected chi connectivity index (χ1v) is 15.9. The SMILES string of the molecule is CCCCN(CCCN(C)C)C(=O)CN1C[C@H](c2cc(OC)c3c(c2)OCO3)C(C(=O)O)[C@@H]1CCn1cc2ccccc2c1O.